The first kappa shape index (κ1) is 9.94. The molecule has 1 aromatic heterocycles. The summed E-state index contributed by atoms with van der Waals surface area (Å²) in [4.78, 5) is 4.41. The van der Waals surface area contributed by atoms with Crippen molar-refractivity contribution in [2.45, 2.75) is 19.6 Å². The first-order chi connectivity index (χ1) is 5.43. The molecule has 0 aliphatic carbocycles. The fraction of sp³-hybridized carbons (Fsp3) is 0.625. The van der Waals surface area contributed by atoms with Crippen molar-refractivity contribution in [3.05, 3.63) is 12.4 Å². The first-order valence-corrected chi connectivity index (χ1v) is 9.82. The zero-order valence-electron chi connectivity index (χ0n) is 8.50. The second kappa shape index (κ2) is 3.31. The first-order valence-electron chi connectivity index (χ1n) is 4.14. The number of rotatable bonds is 2. The van der Waals surface area contributed by atoms with Crippen LogP contribution in [-0.2, 0) is 0 Å². The minimum absolute atomic E-state index is 0.0570. The summed E-state index contributed by atoms with van der Waals surface area (Å²) in [6.07, 6.45) is 4.06. The van der Waals surface area contributed by atoms with Crippen LogP contribution in [0, 0.1) is 0 Å². The lowest BCUT2D eigenvalue weighted by Crippen LogP contribution is -2.38. The molecule has 0 spiro atoms. The number of hydrogen-bond donors (Lipinski definition) is 0. The largest absolute Gasteiger partial charge is 0.359 e. The SMILES string of the molecule is CP(C)c1nccn1[Si](C)(C)C. The summed E-state index contributed by atoms with van der Waals surface area (Å²) in [6, 6.07) is 0. The number of imidazole rings is 1. The molecule has 0 aliphatic heterocycles. The van der Waals surface area contributed by atoms with Crippen molar-refractivity contribution in [1.82, 2.24) is 9.22 Å². The van der Waals surface area contributed by atoms with Crippen LogP contribution in [0.15, 0.2) is 12.4 Å². The fourth-order valence-electron chi connectivity index (χ4n) is 1.15. The molecule has 0 N–H and O–H groups in total. The molecular formula is C8H17N2PSi. The fourth-order valence-corrected chi connectivity index (χ4v) is 4.62. The maximum Gasteiger partial charge on any atom is 0.154 e. The predicted octanol–water partition coefficient (Wildman–Crippen LogP) is 1.93. The molecule has 12 heavy (non-hydrogen) atoms. The van der Waals surface area contributed by atoms with E-state index in [4.69, 9.17) is 0 Å². The highest BCUT2D eigenvalue weighted by molar-refractivity contribution is 7.63. The molecule has 0 amide bonds. The van der Waals surface area contributed by atoms with Crippen LogP contribution in [0.4, 0.5) is 0 Å². The van der Waals surface area contributed by atoms with Crippen molar-refractivity contribution in [1.29, 1.82) is 0 Å². The van der Waals surface area contributed by atoms with Gasteiger partial charge in [0.1, 0.15) is 5.57 Å². The van der Waals surface area contributed by atoms with Crippen LogP contribution in [0.1, 0.15) is 0 Å². The summed E-state index contributed by atoms with van der Waals surface area (Å²) < 4.78 is 2.40. The van der Waals surface area contributed by atoms with Gasteiger partial charge in [0.05, 0.1) is 0 Å². The van der Waals surface area contributed by atoms with Gasteiger partial charge in [0.2, 0.25) is 0 Å². The number of aromatic nitrogens is 2. The van der Waals surface area contributed by atoms with E-state index in [1.165, 1.54) is 5.57 Å². The van der Waals surface area contributed by atoms with E-state index in [1.807, 2.05) is 6.20 Å². The summed E-state index contributed by atoms with van der Waals surface area (Å²) in [5, 5.41) is 0. The van der Waals surface area contributed by atoms with E-state index < -0.39 is 8.24 Å². The molecule has 0 aromatic carbocycles. The molecule has 2 nitrogen and oxygen atoms in total. The van der Waals surface area contributed by atoms with Crippen LogP contribution in [0.3, 0.4) is 0 Å². The van der Waals surface area contributed by atoms with Gasteiger partial charge in [-0.15, -0.1) is 0 Å². The van der Waals surface area contributed by atoms with E-state index in [-0.39, 0.29) is 7.92 Å². The van der Waals surface area contributed by atoms with Crippen molar-refractivity contribution in [3.8, 4) is 0 Å². The van der Waals surface area contributed by atoms with Crippen LogP contribution in [0.25, 0.3) is 0 Å². The van der Waals surface area contributed by atoms with Crippen molar-refractivity contribution >= 4 is 21.7 Å². The lowest BCUT2D eigenvalue weighted by molar-refractivity contribution is 1.18. The zero-order valence-corrected chi connectivity index (χ0v) is 10.4. The Bertz CT molecular complexity index is 262. The molecule has 0 fully saturated rings. The highest BCUT2D eigenvalue weighted by Crippen LogP contribution is 2.23. The Labute approximate surface area is 76.9 Å². The topological polar surface area (TPSA) is 17.8 Å². The number of nitrogens with zero attached hydrogens (tertiary/aromatic N) is 2. The summed E-state index contributed by atoms with van der Waals surface area (Å²) in [5.41, 5.74) is 1.30. The Morgan fingerprint density at radius 3 is 2.25 bits per heavy atom. The lowest BCUT2D eigenvalue weighted by Gasteiger charge is -2.22. The highest BCUT2D eigenvalue weighted by atomic mass is 31.1. The van der Waals surface area contributed by atoms with Crippen LogP contribution < -0.4 is 5.57 Å². The summed E-state index contributed by atoms with van der Waals surface area (Å²) >= 11 is 0. The third-order valence-electron chi connectivity index (χ3n) is 1.74. The van der Waals surface area contributed by atoms with Gasteiger partial charge in [-0.3, -0.25) is 0 Å². The molecule has 0 bridgehead atoms. The van der Waals surface area contributed by atoms with Gasteiger partial charge in [0.15, 0.2) is 8.24 Å². The van der Waals surface area contributed by atoms with Gasteiger partial charge in [-0.1, -0.05) is 19.6 Å². The second-order valence-corrected chi connectivity index (χ2v) is 11.2. The zero-order chi connectivity index (χ0) is 9.35. The van der Waals surface area contributed by atoms with Gasteiger partial charge < -0.3 is 4.23 Å². The van der Waals surface area contributed by atoms with Gasteiger partial charge in [0.25, 0.3) is 0 Å². The molecule has 0 atom stereocenters. The standard InChI is InChI=1S/C8H17N2PSi/c1-11(2)8-9-6-7-10(8)12(3,4)5/h6-7H,1-5H3. The van der Waals surface area contributed by atoms with Crippen molar-refractivity contribution in [2.75, 3.05) is 13.3 Å². The molecule has 4 heteroatoms. The Morgan fingerprint density at radius 2 is 1.92 bits per heavy atom. The van der Waals surface area contributed by atoms with Gasteiger partial charge in [-0.05, 0) is 21.3 Å². The summed E-state index contributed by atoms with van der Waals surface area (Å²) in [6.45, 7) is 11.5. The van der Waals surface area contributed by atoms with Crippen molar-refractivity contribution in [2.24, 2.45) is 0 Å². The lowest BCUT2D eigenvalue weighted by atomic mass is 11.0. The van der Waals surface area contributed by atoms with E-state index in [0.717, 1.165) is 0 Å². The smallest absolute Gasteiger partial charge is 0.154 e. The minimum atomic E-state index is -1.22. The molecule has 68 valence electrons. The minimum Gasteiger partial charge on any atom is -0.359 e. The summed E-state index contributed by atoms with van der Waals surface area (Å²) in [5.74, 6) is 0. The Kier molecular flexibility index (Phi) is 2.74. The van der Waals surface area contributed by atoms with Gasteiger partial charge in [-0.25, -0.2) is 4.98 Å². The van der Waals surface area contributed by atoms with Gasteiger partial charge >= 0.3 is 0 Å². The summed E-state index contributed by atoms with van der Waals surface area (Å²) in [7, 11) is -1.28. The molecule has 1 rings (SSSR count). The van der Waals surface area contributed by atoms with Crippen LogP contribution in [0.5, 0.6) is 0 Å². The molecule has 1 heterocycles. The maximum atomic E-state index is 4.41. The van der Waals surface area contributed by atoms with E-state index in [2.05, 4.69) is 48.4 Å². The molecule has 0 saturated carbocycles. The number of hydrogen-bond acceptors (Lipinski definition) is 1. The van der Waals surface area contributed by atoms with Gasteiger partial charge in [-0.2, -0.15) is 0 Å². The quantitative estimate of drug-likeness (QED) is 0.527. The van der Waals surface area contributed by atoms with E-state index in [9.17, 15) is 0 Å². The highest BCUT2D eigenvalue weighted by Gasteiger charge is 2.20. The molecule has 0 aliphatic rings. The molecular weight excluding hydrogens is 183 g/mol. The Morgan fingerprint density at radius 1 is 1.33 bits per heavy atom. The molecule has 0 radical (unpaired) electrons. The monoisotopic (exact) mass is 200 g/mol. The van der Waals surface area contributed by atoms with Crippen LogP contribution in [0.2, 0.25) is 19.6 Å². The predicted molar refractivity (Wildman–Crippen MR) is 59.4 cm³/mol. The second-order valence-electron chi connectivity index (χ2n) is 4.16. The molecule has 0 unspecified atom stereocenters. The van der Waals surface area contributed by atoms with E-state index >= 15 is 0 Å². The third-order valence-corrected chi connectivity index (χ3v) is 4.87. The molecule has 0 saturated heterocycles. The van der Waals surface area contributed by atoms with Crippen LogP contribution >= 0.6 is 7.92 Å². The Hall–Kier alpha value is -0.143. The normalized spacial score (nSPS) is 12.5. The Balaban J connectivity index is 3.08. The average Bonchev–Trinajstić information content (AvgIpc) is 2.30. The van der Waals surface area contributed by atoms with E-state index in [0.29, 0.717) is 0 Å². The third kappa shape index (κ3) is 1.96. The molecule has 1 aromatic rings. The maximum absolute atomic E-state index is 4.41. The average molecular weight is 200 g/mol. The van der Waals surface area contributed by atoms with Crippen LogP contribution in [-0.4, -0.2) is 30.8 Å². The van der Waals surface area contributed by atoms with Gasteiger partial charge in [0, 0.05) is 12.4 Å². The van der Waals surface area contributed by atoms with E-state index in [1.54, 1.807) is 0 Å². The van der Waals surface area contributed by atoms with Crippen molar-refractivity contribution < 1.29 is 0 Å². The van der Waals surface area contributed by atoms with Crippen molar-refractivity contribution in [3.63, 3.8) is 0 Å².